The van der Waals surface area contributed by atoms with Gasteiger partial charge in [0.15, 0.2) is 5.82 Å². The van der Waals surface area contributed by atoms with Crippen molar-refractivity contribution in [2.75, 3.05) is 5.73 Å². The van der Waals surface area contributed by atoms with Crippen molar-refractivity contribution in [2.45, 2.75) is 19.3 Å². The minimum absolute atomic E-state index is 0.252. The van der Waals surface area contributed by atoms with Crippen LogP contribution >= 0.6 is 0 Å². The molecule has 0 radical (unpaired) electrons. The van der Waals surface area contributed by atoms with Gasteiger partial charge in [0.05, 0.1) is 11.0 Å². The lowest BCUT2D eigenvalue weighted by Gasteiger charge is -2.21. The van der Waals surface area contributed by atoms with Crippen LogP contribution in [0.25, 0.3) is 16.7 Å². The van der Waals surface area contributed by atoms with Gasteiger partial charge >= 0.3 is 0 Å². The molecule has 0 atom stereocenters. The third kappa shape index (κ3) is 3.70. The molecule has 0 aliphatic carbocycles. The van der Waals surface area contributed by atoms with E-state index in [-0.39, 0.29) is 5.95 Å². The number of nitrogens with one attached hydrogen (secondary N) is 1. The number of allylic oxidation sites excluding steroid dienone is 2. The number of hydrogen-bond acceptors (Lipinski definition) is 8. The van der Waals surface area contributed by atoms with Gasteiger partial charge in [0, 0.05) is 24.2 Å². The third-order valence-corrected chi connectivity index (χ3v) is 4.30. The molecule has 0 aliphatic rings. The lowest BCUT2D eigenvalue weighted by atomic mass is 9.83. The van der Waals surface area contributed by atoms with Crippen LogP contribution in [0.1, 0.15) is 31.1 Å². The zero-order valence-corrected chi connectivity index (χ0v) is 15.2. The summed E-state index contributed by atoms with van der Waals surface area (Å²) in [5.74, 6) is 6.48. The van der Waals surface area contributed by atoms with Crippen LogP contribution in [0.4, 0.5) is 5.95 Å². The highest BCUT2D eigenvalue weighted by molar-refractivity contribution is 5.67. The van der Waals surface area contributed by atoms with Gasteiger partial charge in [-0.3, -0.25) is 5.84 Å². The van der Waals surface area contributed by atoms with E-state index in [0.717, 1.165) is 16.7 Å². The van der Waals surface area contributed by atoms with Crippen LogP contribution in [0.5, 0.6) is 0 Å². The van der Waals surface area contributed by atoms with E-state index in [1.807, 2.05) is 38.1 Å². The van der Waals surface area contributed by atoms with Gasteiger partial charge in [-0.25, -0.2) is 9.97 Å². The fourth-order valence-electron chi connectivity index (χ4n) is 2.59. The van der Waals surface area contributed by atoms with E-state index in [1.54, 1.807) is 24.7 Å². The first-order valence-corrected chi connectivity index (χ1v) is 8.27. The summed E-state index contributed by atoms with van der Waals surface area (Å²) >= 11 is 0. The Morgan fingerprint density at radius 1 is 1.15 bits per heavy atom. The molecule has 5 N–H and O–H groups in total. The van der Waals surface area contributed by atoms with Crippen molar-refractivity contribution in [2.24, 2.45) is 5.84 Å². The molecule has 0 bridgehead atoms. The van der Waals surface area contributed by atoms with Crippen LogP contribution < -0.4 is 17.0 Å². The Morgan fingerprint density at radius 2 is 1.81 bits per heavy atom. The molecule has 0 saturated heterocycles. The highest BCUT2D eigenvalue weighted by atomic mass is 16.5. The number of nitrogen functional groups attached to an aromatic ring is 1. The molecule has 0 saturated carbocycles. The zero-order chi connectivity index (χ0) is 19.4. The molecule has 0 spiro atoms. The van der Waals surface area contributed by atoms with Crippen molar-refractivity contribution in [3.63, 3.8) is 0 Å². The minimum atomic E-state index is -0.458. The van der Waals surface area contributed by atoms with Gasteiger partial charge in [0.25, 0.3) is 5.89 Å². The number of hydrazine groups is 1. The fourth-order valence-corrected chi connectivity index (χ4v) is 2.59. The lowest BCUT2D eigenvalue weighted by molar-refractivity contribution is 0.390. The number of hydrogen-bond donors (Lipinski definition) is 3. The Bertz CT molecular complexity index is 956. The van der Waals surface area contributed by atoms with Gasteiger partial charge in [-0.05, 0) is 25.0 Å². The maximum atomic E-state index is 5.54. The molecule has 8 nitrogen and oxygen atoms in total. The predicted octanol–water partition coefficient (Wildman–Crippen LogP) is 2.42. The zero-order valence-electron chi connectivity index (χ0n) is 15.2. The summed E-state index contributed by atoms with van der Waals surface area (Å²) in [4.78, 5) is 12.5. The van der Waals surface area contributed by atoms with Crippen LogP contribution in [-0.4, -0.2) is 20.1 Å². The van der Waals surface area contributed by atoms with E-state index in [9.17, 15) is 0 Å². The normalized spacial score (nSPS) is 12.0. The van der Waals surface area contributed by atoms with E-state index in [4.69, 9.17) is 16.1 Å². The summed E-state index contributed by atoms with van der Waals surface area (Å²) in [6.45, 7) is 7.78. The Kier molecular flexibility index (Phi) is 5.00. The summed E-state index contributed by atoms with van der Waals surface area (Å²) in [5, 5.41) is 4.13. The molecule has 0 fully saturated rings. The second-order valence-electron chi connectivity index (χ2n) is 6.43. The molecule has 138 valence electrons. The van der Waals surface area contributed by atoms with Crippen LogP contribution in [0, 0.1) is 0 Å². The molecule has 27 heavy (non-hydrogen) atoms. The second-order valence-corrected chi connectivity index (χ2v) is 6.43. The molecule has 3 rings (SSSR count). The molecule has 0 amide bonds. The molecule has 8 heteroatoms. The first-order valence-electron chi connectivity index (χ1n) is 8.27. The Morgan fingerprint density at radius 3 is 2.41 bits per heavy atom. The average Bonchev–Trinajstić information content (AvgIpc) is 3.17. The summed E-state index contributed by atoms with van der Waals surface area (Å²) in [5.41, 5.74) is 11.1. The van der Waals surface area contributed by atoms with Crippen molar-refractivity contribution < 1.29 is 4.52 Å². The molecule has 3 aromatic rings. The van der Waals surface area contributed by atoms with E-state index >= 15 is 0 Å². The van der Waals surface area contributed by atoms with Gasteiger partial charge in [0.2, 0.25) is 5.95 Å². The van der Waals surface area contributed by atoms with E-state index in [0.29, 0.717) is 17.3 Å². The standard InChI is InChI=1S/C19H21N7O/c1-4-12(11-24-21)16-25-17(26-27-16)19(2,3)15-7-5-13(6-8-15)14-9-22-18(20)23-10-14/h4-11,24H,1,21H2,2-3H3,(H2,20,22,23)/b12-11+. The van der Waals surface area contributed by atoms with Crippen molar-refractivity contribution in [3.8, 4) is 11.1 Å². The number of anilines is 1. The summed E-state index contributed by atoms with van der Waals surface area (Å²) < 4.78 is 5.36. The SMILES string of the molecule is C=C/C(=C\NN)c1nc(C(C)(C)c2ccc(-c3cnc(N)nc3)cc2)no1. The van der Waals surface area contributed by atoms with Gasteiger partial charge in [-0.15, -0.1) is 0 Å². The summed E-state index contributed by atoms with van der Waals surface area (Å²) in [6.07, 6.45) is 6.53. The first kappa shape index (κ1) is 18.3. The molecule has 0 unspecified atom stereocenters. The highest BCUT2D eigenvalue weighted by Gasteiger charge is 2.29. The van der Waals surface area contributed by atoms with E-state index in [2.05, 4.69) is 32.1 Å². The highest BCUT2D eigenvalue weighted by Crippen LogP contribution is 2.31. The van der Waals surface area contributed by atoms with Gasteiger partial charge in [0.1, 0.15) is 0 Å². The number of rotatable bonds is 6. The van der Waals surface area contributed by atoms with Crippen LogP contribution in [-0.2, 0) is 5.41 Å². The largest absolute Gasteiger partial charge is 0.368 e. The number of nitrogens with zero attached hydrogens (tertiary/aromatic N) is 4. The summed E-state index contributed by atoms with van der Waals surface area (Å²) in [6, 6.07) is 8.04. The molecular formula is C19H21N7O. The third-order valence-electron chi connectivity index (χ3n) is 4.30. The van der Waals surface area contributed by atoms with Gasteiger partial charge < -0.3 is 15.7 Å². The quantitative estimate of drug-likeness (QED) is 0.346. The molecular weight excluding hydrogens is 342 g/mol. The van der Waals surface area contributed by atoms with Crippen LogP contribution in [0.2, 0.25) is 0 Å². The number of benzene rings is 1. The Balaban J connectivity index is 1.89. The number of nitrogens with two attached hydrogens (primary N) is 2. The minimum Gasteiger partial charge on any atom is -0.368 e. The van der Waals surface area contributed by atoms with Crippen molar-refractivity contribution in [1.82, 2.24) is 25.5 Å². The maximum Gasteiger partial charge on any atom is 0.259 e. The van der Waals surface area contributed by atoms with Gasteiger partial charge in [-0.2, -0.15) is 4.98 Å². The average molecular weight is 363 g/mol. The molecule has 2 aromatic heterocycles. The maximum absolute atomic E-state index is 5.54. The second kappa shape index (κ2) is 7.38. The van der Waals surface area contributed by atoms with Crippen molar-refractivity contribution in [3.05, 3.63) is 72.8 Å². The molecule has 2 heterocycles. The predicted molar refractivity (Wildman–Crippen MR) is 104 cm³/mol. The Hall–Kier alpha value is -3.52. The van der Waals surface area contributed by atoms with Crippen LogP contribution in [0.3, 0.4) is 0 Å². The molecule has 0 aliphatic heterocycles. The van der Waals surface area contributed by atoms with Crippen LogP contribution in [0.15, 0.2) is 60.0 Å². The summed E-state index contributed by atoms with van der Waals surface area (Å²) in [7, 11) is 0. The van der Waals surface area contributed by atoms with E-state index in [1.165, 1.54) is 0 Å². The lowest BCUT2D eigenvalue weighted by Crippen LogP contribution is -2.20. The topological polar surface area (TPSA) is 129 Å². The first-order chi connectivity index (χ1) is 13.0. The number of aromatic nitrogens is 4. The van der Waals surface area contributed by atoms with Crippen molar-refractivity contribution >= 4 is 11.5 Å². The molecule has 1 aromatic carbocycles. The van der Waals surface area contributed by atoms with Gasteiger partial charge in [-0.1, -0.05) is 42.1 Å². The fraction of sp³-hybridized carbons (Fsp3) is 0.158. The van der Waals surface area contributed by atoms with E-state index < -0.39 is 5.41 Å². The van der Waals surface area contributed by atoms with Crippen molar-refractivity contribution in [1.29, 1.82) is 0 Å². The monoisotopic (exact) mass is 363 g/mol. The smallest absolute Gasteiger partial charge is 0.259 e. The Labute approximate surface area is 157 Å².